The molecule has 4 nitrogen and oxygen atoms in total. The number of benzene rings is 10. The number of aromatic hydroxyl groups is 2. The van der Waals surface area contributed by atoms with Gasteiger partial charge in [-0.1, -0.05) is 121 Å². The molecule has 0 aromatic heterocycles. The first kappa shape index (κ1) is 51.5. The third-order valence-electron chi connectivity index (χ3n) is 13.5. The molecule has 0 fully saturated rings. The molecule has 0 heterocycles. The molecule has 384 valence electrons. The van der Waals surface area contributed by atoms with E-state index in [1.54, 1.807) is 39.8 Å². The molecule has 10 rings (SSSR count). The molecule has 10 heteroatoms. The Morgan fingerprint density at radius 1 is 0.338 bits per heavy atom. The molecule has 0 aliphatic rings. The van der Waals surface area contributed by atoms with Gasteiger partial charge in [-0.2, -0.15) is 0 Å². The highest BCUT2D eigenvalue weighted by Crippen LogP contribution is 2.49. The quantitative estimate of drug-likeness (QED) is 0.0842. The Balaban J connectivity index is 0.984. The molecule has 2 N–H and O–H groups in total. The highest BCUT2D eigenvalue weighted by Gasteiger charge is 2.29. The molecule has 0 bridgehead atoms. The number of rotatable bonds is 14. The van der Waals surface area contributed by atoms with E-state index < -0.39 is 81.2 Å². The van der Waals surface area contributed by atoms with Gasteiger partial charge in [0, 0.05) is 40.8 Å². The second-order valence-corrected chi connectivity index (χ2v) is 19.3. The van der Waals surface area contributed by atoms with Crippen LogP contribution in [0.25, 0.3) is 89.0 Å². The summed E-state index contributed by atoms with van der Waals surface area (Å²) in [4.78, 5) is 0. The van der Waals surface area contributed by atoms with Gasteiger partial charge in [-0.3, -0.25) is 0 Å². The Labute approximate surface area is 442 Å². The highest BCUT2D eigenvalue weighted by molar-refractivity contribution is 5.91. The van der Waals surface area contributed by atoms with Gasteiger partial charge in [-0.15, -0.1) is 0 Å². The summed E-state index contributed by atoms with van der Waals surface area (Å²) in [5.74, 6) is -11.6. The van der Waals surface area contributed by atoms with Crippen LogP contribution < -0.4 is 9.47 Å². The molecule has 0 amide bonds. The molecule has 0 saturated heterocycles. The zero-order chi connectivity index (χ0) is 54.1. The van der Waals surface area contributed by atoms with Crippen molar-refractivity contribution in [3.05, 3.63) is 240 Å². The summed E-state index contributed by atoms with van der Waals surface area (Å²) in [6.07, 6.45) is -2.10. The SMILES string of the molecule is Cc1cc(-c2cc(-c3ccccc3)cc(-c3ccccc3)c2)c(O)c(-c2c(O[C@H](C)C[C@H](C)Oc3cc(F)c(F)c(F)c3-c3cc(C)cc(-c4cc(-c5ccccc5)cc(-c5ccccc5)c4)c3O)cc(F)c(F)c2F)c1. The minimum atomic E-state index is -1.78. The molecule has 0 aliphatic heterocycles. The van der Waals surface area contributed by atoms with Crippen molar-refractivity contribution in [2.75, 3.05) is 0 Å². The second kappa shape index (κ2) is 21.7. The van der Waals surface area contributed by atoms with E-state index in [9.17, 15) is 10.2 Å². The van der Waals surface area contributed by atoms with E-state index in [1.165, 1.54) is 12.1 Å². The number of aryl methyl sites for hydroxylation is 2. The standard InChI is InChI=1S/C67H50F6O4/c1-38-25-52(50-32-46(42-17-9-5-10-18-42)30-47(33-50)43-19-11-6-12-20-43)66(74)54(27-38)60-58(36-56(68)62(70)64(60)72)76-40(3)29-41(4)77-59-37-57(69)63(71)65(73)61(59)55-28-39(2)26-53(67(55)75)51-34-48(44-21-13-7-14-22-44)31-49(35-51)45-23-15-8-16-24-45/h5-28,30-37,40-41,74-75H,29H2,1-4H3/t40-,41+. The molecule has 0 unspecified atom stereocenters. The molecule has 10 aromatic carbocycles. The smallest absolute Gasteiger partial charge is 0.195 e. The lowest BCUT2D eigenvalue weighted by atomic mass is 9.90. The number of hydrogen-bond acceptors (Lipinski definition) is 4. The Hall–Kier alpha value is -9.02. The summed E-state index contributed by atoms with van der Waals surface area (Å²) in [5.41, 5.74) is 8.34. The maximum atomic E-state index is 16.4. The fraction of sp³-hybridized carbons (Fsp3) is 0.104. The normalized spacial score (nSPS) is 12.1. The van der Waals surface area contributed by atoms with Gasteiger partial charge in [0.05, 0.1) is 23.3 Å². The van der Waals surface area contributed by atoms with Crippen LogP contribution >= 0.6 is 0 Å². The Kier molecular flexibility index (Phi) is 14.5. The Bertz CT molecular complexity index is 3450. The van der Waals surface area contributed by atoms with Gasteiger partial charge in [0.15, 0.2) is 34.9 Å². The third-order valence-corrected chi connectivity index (χ3v) is 13.5. The van der Waals surface area contributed by atoms with Crippen molar-refractivity contribution < 1.29 is 46.0 Å². The summed E-state index contributed by atoms with van der Waals surface area (Å²) in [5, 5.41) is 24.3. The van der Waals surface area contributed by atoms with Crippen molar-refractivity contribution in [1.82, 2.24) is 0 Å². The largest absolute Gasteiger partial charge is 0.507 e. The lowest BCUT2D eigenvalue weighted by Gasteiger charge is -2.24. The first-order chi connectivity index (χ1) is 37.1. The lowest BCUT2D eigenvalue weighted by Crippen LogP contribution is -2.23. The van der Waals surface area contributed by atoms with E-state index in [1.807, 2.05) is 158 Å². The lowest BCUT2D eigenvalue weighted by molar-refractivity contribution is 0.130. The zero-order valence-electron chi connectivity index (χ0n) is 42.3. The van der Waals surface area contributed by atoms with E-state index in [4.69, 9.17) is 9.47 Å². The van der Waals surface area contributed by atoms with E-state index in [-0.39, 0.29) is 17.5 Å². The van der Waals surface area contributed by atoms with Gasteiger partial charge < -0.3 is 19.7 Å². The Morgan fingerprint density at radius 3 is 0.909 bits per heavy atom. The highest BCUT2D eigenvalue weighted by atomic mass is 19.2. The summed E-state index contributed by atoms with van der Waals surface area (Å²) in [7, 11) is 0. The van der Waals surface area contributed by atoms with Crippen molar-refractivity contribution in [3.63, 3.8) is 0 Å². The summed E-state index contributed by atoms with van der Waals surface area (Å²) in [6.45, 7) is 6.54. The number of ether oxygens (including phenoxy) is 2. The predicted octanol–water partition coefficient (Wildman–Crippen LogP) is 18.5. The molecule has 77 heavy (non-hydrogen) atoms. The van der Waals surface area contributed by atoms with Crippen molar-refractivity contribution in [2.24, 2.45) is 0 Å². The van der Waals surface area contributed by atoms with Crippen molar-refractivity contribution in [1.29, 1.82) is 0 Å². The van der Waals surface area contributed by atoms with Crippen LogP contribution in [0, 0.1) is 48.8 Å². The van der Waals surface area contributed by atoms with Crippen LogP contribution in [-0.4, -0.2) is 22.4 Å². The summed E-state index contributed by atoms with van der Waals surface area (Å²) >= 11 is 0. The third kappa shape index (κ3) is 10.6. The second-order valence-electron chi connectivity index (χ2n) is 19.3. The van der Waals surface area contributed by atoms with Gasteiger partial charge in [-0.05, 0) is 155 Å². The van der Waals surface area contributed by atoms with E-state index in [0.29, 0.717) is 45.5 Å². The Morgan fingerprint density at radius 2 is 0.610 bits per heavy atom. The van der Waals surface area contributed by atoms with Crippen LogP contribution in [-0.2, 0) is 0 Å². The van der Waals surface area contributed by atoms with E-state index >= 15 is 26.3 Å². The maximum Gasteiger partial charge on any atom is 0.195 e. The van der Waals surface area contributed by atoms with Crippen molar-refractivity contribution in [2.45, 2.75) is 46.3 Å². The van der Waals surface area contributed by atoms with Crippen LogP contribution in [0.3, 0.4) is 0 Å². The predicted molar refractivity (Wildman–Crippen MR) is 294 cm³/mol. The molecule has 0 saturated carbocycles. The monoisotopic (exact) mass is 1030 g/mol. The fourth-order valence-electron chi connectivity index (χ4n) is 9.97. The van der Waals surface area contributed by atoms with Gasteiger partial charge in [-0.25, -0.2) is 26.3 Å². The van der Waals surface area contributed by atoms with Crippen LogP contribution in [0.15, 0.2) is 194 Å². The zero-order valence-corrected chi connectivity index (χ0v) is 42.3. The first-order valence-corrected chi connectivity index (χ1v) is 25.0. The van der Waals surface area contributed by atoms with Crippen LogP contribution in [0.4, 0.5) is 26.3 Å². The average molecular weight is 1030 g/mol. The minimum Gasteiger partial charge on any atom is -0.507 e. The molecule has 2 atom stereocenters. The van der Waals surface area contributed by atoms with Gasteiger partial charge in [0.1, 0.15) is 23.0 Å². The van der Waals surface area contributed by atoms with E-state index in [0.717, 1.165) is 44.5 Å². The molecule has 0 spiro atoms. The number of halogens is 6. The topological polar surface area (TPSA) is 58.9 Å². The number of hydrogen-bond donors (Lipinski definition) is 2. The number of phenolic OH excluding ortho intramolecular Hbond substituents is 2. The molecule has 10 aromatic rings. The van der Waals surface area contributed by atoms with Crippen molar-refractivity contribution >= 4 is 0 Å². The number of phenols is 2. The molecular formula is C67H50F6O4. The summed E-state index contributed by atoms with van der Waals surface area (Å²) < 4.78 is 106. The van der Waals surface area contributed by atoms with Gasteiger partial charge in [0.25, 0.3) is 0 Å². The fourth-order valence-corrected chi connectivity index (χ4v) is 9.97. The minimum absolute atomic E-state index is 0.112. The average Bonchev–Trinajstić information content (AvgIpc) is 3.47. The summed E-state index contributed by atoms with van der Waals surface area (Å²) in [6, 6.07) is 57.9. The maximum absolute atomic E-state index is 16.4. The van der Waals surface area contributed by atoms with E-state index in [2.05, 4.69) is 0 Å². The molecule has 0 radical (unpaired) electrons. The molecule has 0 aliphatic carbocycles. The van der Waals surface area contributed by atoms with Crippen molar-refractivity contribution in [3.8, 4) is 112 Å². The van der Waals surface area contributed by atoms with Crippen LogP contribution in [0.1, 0.15) is 31.4 Å². The molecular weight excluding hydrogens is 983 g/mol. The van der Waals surface area contributed by atoms with Gasteiger partial charge >= 0.3 is 0 Å². The van der Waals surface area contributed by atoms with Crippen LogP contribution in [0.2, 0.25) is 0 Å². The van der Waals surface area contributed by atoms with Gasteiger partial charge in [0.2, 0.25) is 0 Å². The van der Waals surface area contributed by atoms with Crippen LogP contribution in [0.5, 0.6) is 23.0 Å². The first-order valence-electron chi connectivity index (χ1n) is 25.0.